The Bertz CT molecular complexity index is 739. The maximum absolute atomic E-state index is 3.72. The summed E-state index contributed by atoms with van der Waals surface area (Å²) in [4.78, 5) is 2.77. The van der Waals surface area contributed by atoms with E-state index in [4.69, 9.17) is 0 Å². The molecule has 1 aromatic heterocycles. The van der Waals surface area contributed by atoms with Crippen LogP contribution >= 0.6 is 27.3 Å². The van der Waals surface area contributed by atoms with Gasteiger partial charge in [-0.05, 0) is 58.5 Å². The van der Waals surface area contributed by atoms with Crippen molar-refractivity contribution in [2.75, 3.05) is 0 Å². The zero-order valence-corrected chi connectivity index (χ0v) is 14.6. The molecule has 0 saturated carbocycles. The Morgan fingerprint density at radius 2 is 1.43 bits per heavy atom. The van der Waals surface area contributed by atoms with Crippen molar-refractivity contribution < 1.29 is 0 Å². The van der Waals surface area contributed by atoms with Gasteiger partial charge in [0.1, 0.15) is 0 Å². The molecule has 2 heteroatoms. The molecule has 0 spiro atoms. The molecule has 3 aromatic rings. The third-order valence-corrected chi connectivity index (χ3v) is 6.15. The van der Waals surface area contributed by atoms with E-state index in [2.05, 4.69) is 84.4 Å². The zero-order valence-electron chi connectivity index (χ0n) is 12.2. The normalized spacial score (nSPS) is 10.8. The highest BCUT2D eigenvalue weighted by Gasteiger charge is 2.11. The maximum Gasteiger partial charge on any atom is 0.0349 e. The van der Waals surface area contributed by atoms with Gasteiger partial charge < -0.3 is 0 Å². The number of rotatable bonds is 3. The van der Waals surface area contributed by atoms with E-state index in [1.807, 2.05) is 11.3 Å². The first-order valence-electron chi connectivity index (χ1n) is 7.04. The maximum atomic E-state index is 3.72. The number of benzene rings is 2. The second-order valence-electron chi connectivity index (χ2n) is 5.25. The first kappa shape index (κ1) is 14.6. The van der Waals surface area contributed by atoms with Crippen LogP contribution in [0.2, 0.25) is 0 Å². The second kappa shape index (κ2) is 6.17. The molecule has 0 unspecified atom stereocenters. The van der Waals surface area contributed by atoms with Crippen LogP contribution in [0.5, 0.6) is 0 Å². The summed E-state index contributed by atoms with van der Waals surface area (Å²) >= 11 is 5.59. The summed E-state index contributed by atoms with van der Waals surface area (Å²) in [6, 6.07) is 19.4. The van der Waals surface area contributed by atoms with Crippen molar-refractivity contribution in [2.24, 2.45) is 0 Å². The molecule has 0 radical (unpaired) electrons. The van der Waals surface area contributed by atoms with Gasteiger partial charge in [-0.15, -0.1) is 11.3 Å². The lowest BCUT2D eigenvalue weighted by molar-refractivity contribution is 1.17. The molecular formula is C19H17BrS. The molecular weight excluding hydrogens is 340 g/mol. The minimum atomic E-state index is 0.992. The average molecular weight is 357 g/mol. The van der Waals surface area contributed by atoms with Crippen molar-refractivity contribution in [1.29, 1.82) is 0 Å². The van der Waals surface area contributed by atoms with Crippen molar-refractivity contribution >= 4 is 27.3 Å². The Morgan fingerprint density at radius 1 is 0.810 bits per heavy atom. The number of aryl methyl sites for hydroxylation is 2. The minimum Gasteiger partial charge on any atom is -0.144 e. The van der Waals surface area contributed by atoms with Crippen LogP contribution in [0.15, 0.2) is 59.1 Å². The fourth-order valence-electron chi connectivity index (χ4n) is 2.55. The fourth-order valence-corrected chi connectivity index (χ4v) is 4.34. The molecule has 0 atom stereocenters. The van der Waals surface area contributed by atoms with Gasteiger partial charge >= 0.3 is 0 Å². The quantitative estimate of drug-likeness (QED) is 0.510. The van der Waals surface area contributed by atoms with E-state index in [9.17, 15) is 0 Å². The van der Waals surface area contributed by atoms with Gasteiger partial charge in [0.15, 0.2) is 0 Å². The average Bonchev–Trinajstić information content (AvgIpc) is 2.75. The van der Waals surface area contributed by atoms with E-state index in [1.54, 1.807) is 0 Å². The van der Waals surface area contributed by atoms with Gasteiger partial charge in [0.2, 0.25) is 0 Å². The third kappa shape index (κ3) is 3.12. The van der Waals surface area contributed by atoms with Crippen LogP contribution in [0.4, 0.5) is 0 Å². The Morgan fingerprint density at radius 3 is 2.00 bits per heavy atom. The molecule has 1 heterocycles. The molecule has 0 aliphatic carbocycles. The first-order valence-corrected chi connectivity index (χ1v) is 8.65. The van der Waals surface area contributed by atoms with Gasteiger partial charge in [0.05, 0.1) is 0 Å². The van der Waals surface area contributed by atoms with Crippen LogP contribution in [-0.4, -0.2) is 0 Å². The largest absolute Gasteiger partial charge is 0.144 e. The molecule has 106 valence electrons. The van der Waals surface area contributed by atoms with E-state index in [0.29, 0.717) is 0 Å². The lowest BCUT2D eigenvalue weighted by atomic mass is 10.0. The lowest BCUT2D eigenvalue weighted by Gasteiger charge is -2.06. The molecule has 0 N–H and O–H groups in total. The number of hydrogen-bond donors (Lipinski definition) is 0. The molecule has 0 bridgehead atoms. The number of halogens is 1. The summed E-state index contributed by atoms with van der Waals surface area (Å²) < 4.78 is 1.28. The van der Waals surface area contributed by atoms with E-state index in [-0.39, 0.29) is 0 Å². The van der Waals surface area contributed by atoms with Gasteiger partial charge in [-0.1, -0.05) is 54.6 Å². The van der Waals surface area contributed by atoms with Crippen LogP contribution in [0.3, 0.4) is 0 Å². The highest BCUT2D eigenvalue weighted by atomic mass is 79.9. The third-order valence-electron chi connectivity index (χ3n) is 3.75. The highest BCUT2D eigenvalue weighted by molar-refractivity contribution is 9.10. The monoisotopic (exact) mass is 356 g/mol. The molecule has 0 fully saturated rings. The Balaban J connectivity index is 1.85. The van der Waals surface area contributed by atoms with Crippen molar-refractivity contribution in [2.45, 2.75) is 20.3 Å². The van der Waals surface area contributed by atoms with Crippen LogP contribution in [-0.2, 0) is 6.42 Å². The van der Waals surface area contributed by atoms with Gasteiger partial charge in [-0.2, -0.15) is 0 Å². The van der Waals surface area contributed by atoms with Crippen LogP contribution < -0.4 is 0 Å². The van der Waals surface area contributed by atoms with Crippen LogP contribution in [0.1, 0.15) is 20.9 Å². The molecule has 0 aliphatic heterocycles. The highest BCUT2D eigenvalue weighted by Crippen LogP contribution is 2.33. The number of hydrogen-bond acceptors (Lipinski definition) is 1. The van der Waals surface area contributed by atoms with Crippen molar-refractivity contribution in [3.63, 3.8) is 0 Å². The fraction of sp³-hybridized carbons (Fsp3) is 0.158. The van der Waals surface area contributed by atoms with E-state index in [1.165, 1.54) is 36.5 Å². The Labute approximate surface area is 138 Å². The Kier molecular flexibility index (Phi) is 4.27. The van der Waals surface area contributed by atoms with Crippen molar-refractivity contribution in [3.8, 4) is 11.1 Å². The van der Waals surface area contributed by atoms with E-state index < -0.39 is 0 Å². The Hall–Kier alpha value is -1.38. The van der Waals surface area contributed by atoms with Crippen molar-refractivity contribution in [1.82, 2.24) is 0 Å². The summed E-state index contributed by atoms with van der Waals surface area (Å²) in [6.07, 6.45) is 0.992. The van der Waals surface area contributed by atoms with Crippen molar-refractivity contribution in [3.05, 3.63) is 80.0 Å². The SMILES string of the molecule is Cc1sc(C)c(Cc2ccc(-c3ccccc3)cc2)c1Br. The van der Waals surface area contributed by atoms with Gasteiger partial charge in [-0.25, -0.2) is 0 Å². The second-order valence-corrected chi connectivity index (χ2v) is 7.47. The first-order chi connectivity index (χ1) is 10.1. The predicted molar refractivity (Wildman–Crippen MR) is 96.2 cm³/mol. The molecule has 2 aromatic carbocycles. The topological polar surface area (TPSA) is 0 Å². The summed E-state index contributed by atoms with van der Waals surface area (Å²) in [5.74, 6) is 0. The van der Waals surface area contributed by atoms with Gasteiger partial charge in [0, 0.05) is 14.2 Å². The summed E-state index contributed by atoms with van der Waals surface area (Å²) in [5, 5.41) is 0. The number of thiophene rings is 1. The standard InChI is InChI=1S/C19H17BrS/c1-13-18(19(20)14(2)21-13)12-15-8-10-17(11-9-15)16-6-4-3-5-7-16/h3-11H,12H2,1-2H3. The van der Waals surface area contributed by atoms with Gasteiger partial charge in [-0.3, -0.25) is 0 Å². The van der Waals surface area contributed by atoms with Gasteiger partial charge in [0.25, 0.3) is 0 Å². The molecule has 0 nitrogen and oxygen atoms in total. The molecule has 0 aliphatic rings. The summed E-state index contributed by atoms with van der Waals surface area (Å²) in [5.41, 5.74) is 5.32. The zero-order chi connectivity index (χ0) is 14.8. The van der Waals surface area contributed by atoms with Crippen LogP contribution in [0, 0.1) is 13.8 Å². The summed E-state index contributed by atoms with van der Waals surface area (Å²) in [6.45, 7) is 4.37. The van der Waals surface area contributed by atoms with E-state index >= 15 is 0 Å². The molecule has 0 amide bonds. The molecule has 0 saturated heterocycles. The minimum absolute atomic E-state index is 0.992. The molecule has 21 heavy (non-hydrogen) atoms. The van der Waals surface area contributed by atoms with E-state index in [0.717, 1.165) is 6.42 Å². The summed E-state index contributed by atoms with van der Waals surface area (Å²) in [7, 11) is 0. The molecule has 3 rings (SSSR count). The smallest absolute Gasteiger partial charge is 0.0349 e. The lowest BCUT2D eigenvalue weighted by Crippen LogP contribution is -1.89. The predicted octanol–water partition coefficient (Wildman–Crippen LogP) is 6.39. The van der Waals surface area contributed by atoms with Crippen LogP contribution in [0.25, 0.3) is 11.1 Å².